The van der Waals surface area contributed by atoms with Gasteiger partial charge in [0.1, 0.15) is 6.54 Å². The summed E-state index contributed by atoms with van der Waals surface area (Å²) in [6.45, 7) is -0.250. The lowest BCUT2D eigenvalue weighted by molar-refractivity contribution is -0.157. The van der Waals surface area contributed by atoms with Gasteiger partial charge in [0.2, 0.25) is 5.91 Å². The van der Waals surface area contributed by atoms with Gasteiger partial charge in [-0.3, -0.25) is 9.79 Å². The van der Waals surface area contributed by atoms with E-state index in [1.165, 1.54) is 7.05 Å². The van der Waals surface area contributed by atoms with Gasteiger partial charge in [-0.25, -0.2) is 0 Å². The lowest BCUT2D eigenvalue weighted by Gasteiger charge is -2.20. The van der Waals surface area contributed by atoms with Crippen molar-refractivity contribution in [3.63, 3.8) is 0 Å². The molecule has 1 aromatic rings. The lowest BCUT2D eigenvalue weighted by atomic mass is 10.4. The summed E-state index contributed by atoms with van der Waals surface area (Å²) < 4.78 is 38.5. The molecule has 0 atom stereocenters. The SMILES string of the molecule is CN=C(NCCn1cccc1)NCC(=O)N(C)CC(F)(F)F.I. The Balaban J connectivity index is 0.00000484. The number of aromatic nitrogens is 1. The maximum atomic E-state index is 12.2. The summed E-state index contributed by atoms with van der Waals surface area (Å²) in [5, 5.41) is 5.66. The molecule has 0 saturated carbocycles. The highest BCUT2D eigenvalue weighted by molar-refractivity contribution is 14.0. The normalized spacial score (nSPS) is 11.6. The summed E-state index contributed by atoms with van der Waals surface area (Å²) in [5.74, 6) is -0.299. The maximum Gasteiger partial charge on any atom is 0.406 e. The summed E-state index contributed by atoms with van der Waals surface area (Å²) >= 11 is 0. The Morgan fingerprint density at radius 1 is 1.26 bits per heavy atom. The zero-order valence-corrected chi connectivity index (χ0v) is 15.3. The van der Waals surface area contributed by atoms with Gasteiger partial charge in [0.15, 0.2) is 5.96 Å². The van der Waals surface area contributed by atoms with Gasteiger partial charge in [-0.1, -0.05) is 0 Å². The highest BCUT2D eigenvalue weighted by Crippen LogP contribution is 2.15. The number of halogens is 4. The van der Waals surface area contributed by atoms with E-state index < -0.39 is 18.6 Å². The van der Waals surface area contributed by atoms with Crippen LogP contribution in [0.15, 0.2) is 29.5 Å². The van der Waals surface area contributed by atoms with Gasteiger partial charge in [-0.05, 0) is 12.1 Å². The first kappa shape index (κ1) is 21.5. The van der Waals surface area contributed by atoms with Crippen molar-refractivity contribution in [2.45, 2.75) is 12.7 Å². The first-order valence-corrected chi connectivity index (χ1v) is 6.68. The first-order valence-electron chi connectivity index (χ1n) is 6.68. The van der Waals surface area contributed by atoms with Gasteiger partial charge in [0.05, 0.1) is 6.54 Å². The molecule has 1 amide bonds. The molecule has 1 rings (SSSR count). The second-order valence-electron chi connectivity index (χ2n) is 4.64. The van der Waals surface area contributed by atoms with E-state index in [1.807, 2.05) is 29.1 Å². The molecule has 1 heterocycles. The van der Waals surface area contributed by atoms with Gasteiger partial charge in [-0.2, -0.15) is 13.2 Å². The molecule has 6 nitrogen and oxygen atoms in total. The number of rotatable bonds is 6. The standard InChI is InChI=1S/C13H20F3N5O.HI/c1-17-12(18-5-8-21-6-3-4-7-21)19-9-11(22)20(2)10-13(14,15)16;/h3-4,6-7H,5,8-10H2,1-2H3,(H2,17,18,19);1H. The van der Waals surface area contributed by atoms with Crippen molar-refractivity contribution in [2.24, 2.45) is 4.99 Å². The van der Waals surface area contributed by atoms with Crippen LogP contribution in [0.1, 0.15) is 0 Å². The topological polar surface area (TPSA) is 61.7 Å². The van der Waals surface area contributed by atoms with E-state index in [0.29, 0.717) is 23.9 Å². The number of alkyl halides is 3. The van der Waals surface area contributed by atoms with Crippen molar-refractivity contribution in [3.8, 4) is 0 Å². The summed E-state index contributed by atoms with van der Waals surface area (Å²) in [5.41, 5.74) is 0. The van der Waals surface area contributed by atoms with Crippen molar-refractivity contribution in [2.75, 3.05) is 33.7 Å². The second kappa shape index (κ2) is 10.3. The van der Waals surface area contributed by atoms with Gasteiger partial charge in [-0.15, -0.1) is 24.0 Å². The minimum atomic E-state index is -4.40. The third-order valence-corrected chi connectivity index (χ3v) is 2.80. The highest BCUT2D eigenvalue weighted by Gasteiger charge is 2.31. The van der Waals surface area contributed by atoms with Crippen molar-refractivity contribution < 1.29 is 18.0 Å². The predicted molar refractivity (Wildman–Crippen MR) is 92.9 cm³/mol. The van der Waals surface area contributed by atoms with Gasteiger partial charge < -0.3 is 20.1 Å². The molecule has 0 fully saturated rings. The van der Waals surface area contributed by atoms with E-state index in [2.05, 4.69) is 15.6 Å². The quantitative estimate of drug-likeness (QED) is 0.393. The number of nitrogens with zero attached hydrogens (tertiary/aromatic N) is 3. The Bertz CT molecular complexity index is 490. The van der Waals surface area contributed by atoms with Crippen molar-refractivity contribution in [3.05, 3.63) is 24.5 Å². The number of carbonyl (C=O) groups is 1. The van der Waals surface area contributed by atoms with Crippen LogP contribution in [-0.2, 0) is 11.3 Å². The molecule has 0 radical (unpaired) electrons. The Morgan fingerprint density at radius 3 is 2.39 bits per heavy atom. The van der Waals surface area contributed by atoms with Crippen LogP contribution in [0, 0.1) is 0 Å². The first-order chi connectivity index (χ1) is 10.3. The summed E-state index contributed by atoms with van der Waals surface area (Å²) in [6, 6.07) is 3.81. The molecule has 0 aliphatic carbocycles. The highest BCUT2D eigenvalue weighted by atomic mass is 127. The summed E-state index contributed by atoms with van der Waals surface area (Å²) in [4.78, 5) is 16.1. The molecule has 23 heavy (non-hydrogen) atoms. The van der Waals surface area contributed by atoms with E-state index in [0.717, 1.165) is 7.05 Å². The summed E-state index contributed by atoms with van der Waals surface area (Å²) in [7, 11) is 2.63. The molecule has 0 saturated heterocycles. The Hall–Kier alpha value is -1.46. The number of hydrogen-bond acceptors (Lipinski definition) is 2. The van der Waals surface area contributed by atoms with Crippen LogP contribution in [0.4, 0.5) is 13.2 Å². The fraction of sp³-hybridized carbons (Fsp3) is 0.538. The van der Waals surface area contributed by atoms with Crippen LogP contribution in [0.25, 0.3) is 0 Å². The number of carbonyl (C=O) groups excluding carboxylic acids is 1. The predicted octanol–water partition coefficient (Wildman–Crippen LogP) is 1.29. The molecule has 0 aliphatic rings. The lowest BCUT2D eigenvalue weighted by Crippen LogP contribution is -2.46. The Labute approximate surface area is 150 Å². The van der Waals surface area contributed by atoms with E-state index in [-0.39, 0.29) is 30.5 Å². The molecule has 0 unspecified atom stereocenters. The monoisotopic (exact) mass is 447 g/mol. The Morgan fingerprint density at radius 2 is 1.87 bits per heavy atom. The largest absolute Gasteiger partial charge is 0.406 e. The van der Waals surface area contributed by atoms with E-state index in [9.17, 15) is 18.0 Å². The minimum absolute atomic E-state index is 0. The number of nitrogens with one attached hydrogen (secondary N) is 2. The van der Waals surface area contributed by atoms with Gasteiger partial charge >= 0.3 is 6.18 Å². The molecular formula is C13H21F3IN5O. The Kier molecular flexibility index (Phi) is 9.68. The number of amides is 1. The average molecular weight is 447 g/mol. The van der Waals surface area contributed by atoms with Crippen LogP contribution in [0.2, 0.25) is 0 Å². The number of guanidine groups is 1. The zero-order chi connectivity index (χ0) is 16.6. The second-order valence-corrected chi connectivity index (χ2v) is 4.64. The van der Waals surface area contributed by atoms with Crippen LogP contribution in [-0.4, -0.2) is 61.2 Å². The molecule has 2 N–H and O–H groups in total. The van der Waals surface area contributed by atoms with Crippen molar-refractivity contribution in [1.29, 1.82) is 0 Å². The smallest absolute Gasteiger partial charge is 0.355 e. The van der Waals surface area contributed by atoms with Crippen LogP contribution in [0.3, 0.4) is 0 Å². The van der Waals surface area contributed by atoms with Gasteiger partial charge in [0, 0.05) is 39.6 Å². The number of hydrogen-bond donors (Lipinski definition) is 2. The molecule has 0 aliphatic heterocycles. The van der Waals surface area contributed by atoms with Crippen LogP contribution in [0.5, 0.6) is 0 Å². The van der Waals surface area contributed by atoms with Crippen molar-refractivity contribution in [1.82, 2.24) is 20.1 Å². The van der Waals surface area contributed by atoms with Crippen LogP contribution < -0.4 is 10.6 Å². The molecule has 10 heteroatoms. The maximum absolute atomic E-state index is 12.2. The number of likely N-dealkylation sites (N-methyl/N-ethyl adjacent to an activating group) is 1. The van der Waals surface area contributed by atoms with Crippen LogP contribution >= 0.6 is 24.0 Å². The summed E-state index contributed by atoms with van der Waals surface area (Å²) in [6.07, 6.45) is -0.581. The molecule has 132 valence electrons. The molecule has 0 aromatic carbocycles. The van der Waals surface area contributed by atoms with Gasteiger partial charge in [0.25, 0.3) is 0 Å². The zero-order valence-electron chi connectivity index (χ0n) is 12.9. The average Bonchev–Trinajstić information content (AvgIpc) is 2.93. The van der Waals surface area contributed by atoms with E-state index in [4.69, 9.17) is 0 Å². The van der Waals surface area contributed by atoms with Crippen molar-refractivity contribution >= 4 is 35.8 Å². The fourth-order valence-electron chi connectivity index (χ4n) is 1.69. The minimum Gasteiger partial charge on any atom is -0.355 e. The third kappa shape index (κ3) is 9.31. The van der Waals surface area contributed by atoms with E-state index in [1.54, 1.807) is 0 Å². The molecule has 0 spiro atoms. The van der Waals surface area contributed by atoms with E-state index >= 15 is 0 Å². The molecular weight excluding hydrogens is 426 g/mol. The third-order valence-electron chi connectivity index (χ3n) is 2.80. The molecule has 0 bridgehead atoms. The number of aliphatic imine (C=N–C) groups is 1. The fourth-order valence-corrected chi connectivity index (χ4v) is 1.69. The molecule has 1 aromatic heterocycles.